The number of rotatable bonds is 13. The van der Waals surface area contributed by atoms with E-state index in [9.17, 15) is 0 Å². The Labute approximate surface area is 153 Å². The molecule has 0 spiro atoms. The molecular weight excluding hydrogens is 402 g/mol. The Balaban J connectivity index is 2.80. The number of aryl methyl sites for hydroxylation is 1. The van der Waals surface area contributed by atoms with Crippen molar-refractivity contribution in [3.63, 3.8) is 0 Å². The van der Waals surface area contributed by atoms with Gasteiger partial charge in [0.1, 0.15) is 0 Å². The Hall–Kier alpha value is -0.311. The molecule has 0 aliphatic rings. The second-order valence-electron chi connectivity index (χ2n) is 7.17. The molecular formula is C22H37FSn. The van der Waals surface area contributed by atoms with E-state index in [1.54, 1.807) is 0 Å². The third-order valence-corrected chi connectivity index (χ3v) is 19.8. The standard InChI is InChI=1S/C10H10F.3C4H9.Sn/c11-9-5-4-8-10-6-2-1-3-7-10;3*1-3-4-2;/h1-3,5-7H,4,8H2;3*1,3-4H2,2H3;. The number of hydrogen-bond donors (Lipinski definition) is 0. The molecule has 24 heavy (non-hydrogen) atoms. The van der Waals surface area contributed by atoms with E-state index in [-0.39, 0.29) is 0 Å². The summed E-state index contributed by atoms with van der Waals surface area (Å²) in [4.78, 5) is 0. The predicted molar refractivity (Wildman–Crippen MR) is 109 cm³/mol. The van der Waals surface area contributed by atoms with Crippen molar-refractivity contribution in [2.75, 3.05) is 0 Å². The molecule has 0 heterocycles. The van der Waals surface area contributed by atoms with Crippen LogP contribution in [0.15, 0.2) is 40.3 Å². The van der Waals surface area contributed by atoms with E-state index >= 15 is 4.39 Å². The molecule has 136 valence electrons. The Kier molecular flexibility index (Phi) is 11.7. The van der Waals surface area contributed by atoms with Gasteiger partial charge in [-0.25, -0.2) is 0 Å². The summed E-state index contributed by atoms with van der Waals surface area (Å²) in [6, 6.07) is 10.5. The third kappa shape index (κ3) is 7.71. The van der Waals surface area contributed by atoms with Gasteiger partial charge in [-0.2, -0.15) is 0 Å². The fourth-order valence-electron chi connectivity index (χ4n) is 3.51. The molecule has 1 rings (SSSR count). The monoisotopic (exact) mass is 440 g/mol. The minimum atomic E-state index is -2.78. The summed E-state index contributed by atoms with van der Waals surface area (Å²) in [6.45, 7) is 6.73. The van der Waals surface area contributed by atoms with E-state index in [4.69, 9.17) is 0 Å². The topological polar surface area (TPSA) is 0 Å². The summed E-state index contributed by atoms with van der Waals surface area (Å²) in [6.07, 6.45) is 11.1. The van der Waals surface area contributed by atoms with Crippen molar-refractivity contribution in [3.8, 4) is 0 Å². The second-order valence-corrected chi connectivity index (χ2v) is 20.1. The van der Waals surface area contributed by atoms with Gasteiger partial charge in [0.25, 0.3) is 0 Å². The molecule has 0 saturated heterocycles. The van der Waals surface area contributed by atoms with Crippen molar-refractivity contribution >= 4 is 18.4 Å². The van der Waals surface area contributed by atoms with Gasteiger partial charge >= 0.3 is 154 Å². The second kappa shape index (κ2) is 13.0. The number of unbranched alkanes of at least 4 members (excludes halogenated alkanes) is 3. The molecule has 0 unspecified atom stereocenters. The normalized spacial score (nSPS) is 12.6. The van der Waals surface area contributed by atoms with Gasteiger partial charge in [-0.05, 0) is 0 Å². The van der Waals surface area contributed by atoms with Crippen LogP contribution in [0.5, 0.6) is 0 Å². The van der Waals surface area contributed by atoms with Gasteiger partial charge in [0.2, 0.25) is 0 Å². The minimum absolute atomic E-state index is 0.385. The van der Waals surface area contributed by atoms with Crippen molar-refractivity contribution in [1.29, 1.82) is 0 Å². The SMILES string of the molecule is CCC[CH2][Sn]([CH2]CCC)([CH2]CCC)/[C](F)=C/CCc1ccccc1. The first-order valence-electron chi connectivity index (χ1n) is 10.1. The Morgan fingerprint density at radius 1 is 0.875 bits per heavy atom. The van der Waals surface area contributed by atoms with Crippen LogP contribution in [0.2, 0.25) is 13.3 Å². The van der Waals surface area contributed by atoms with E-state index < -0.39 is 18.4 Å². The first-order chi connectivity index (χ1) is 11.7. The van der Waals surface area contributed by atoms with E-state index in [2.05, 4.69) is 45.0 Å². The van der Waals surface area contributed by atoms with Crippen LogP contribution in [-0.2, 0) is 6.42 Å². The molecule has 0 atom stereocenters. The average molecular weight is 439 g/mol. The molecule has 0 radical (unpaired) electrons. The molecule has 0 aliphatic carbocycles. The van der Waals surface area contributed by atoms with Crippen LogP contribution in [0.4, 0.5) is 4.39 Å². The molecule has 0 nitrogen and oxygen atoms in total. The van der Waals surface area contributed by atoms with Crippen LogP contribution >= 0.6 is 0 Å². The average Bonchev–Trinajstić information content (AvgIpc) is 2.62. The quantitative estimate of drug-likeness (QED) is 0.275. The molecule has 0 saturated carbocycles. The Morgan fingerprint density at radius 3 is 1.83 bits per heavy atom. The summed E-state index contributed by atoms with van der Waals surface area (Å²) in [5.74, 6) is 0. The summed E-state index contributed by atoms with van der Waals surface area (Å²) in [5.41, 5.74) is 1.32. The van der Waals surface area contributed by atoms with Crippen LogP contribution in [0.3, 0.4) is 0 Å². The zero-order chi connectivity index (χ0) is 17.7. The summed E-state index contributed by atoms with van der Waals surface area (Å²) in [5, 5.41) is 0. The van der Waals surface area contributed by atoms with Gasteiger partial charge in [-0.3, -0.25) is 0 Å². The van der Waals surface area contributed by atoms with Crippen LogP contribution in [-0.4, -0.2) is 18.4 Å². The molecule has 0 bridgehead atoms. The molecule has 0 aromatic heterocycles. The van der Waals surface area contributed by atoms with E-state index in [1.165, 1.54) is 57.4 Å². The number of allylic oxidation sites excluding steroid dienone is 1. The molecule has 0 amide bonds. The van der Waals surface area contributed by atoms with Crippen LogP contribution in [0, 0.1) is 0 Å². The van der Waals surface area contributed by atoms with E-state index in [0.29, 0.717) is 3.84 Å². The number of halogens is 1. The summed E-state index contributed by atoms with van der Waals surface area (Å²) < 4.78 is 19.4. The maximum atomic E-state index is 15.3. The van der Waals surface area contributed by atoms with Crippen LogP contribution in [0.25, 0.3) is 0 Å². The molecule has 1 aromatic rings. The van der Waals surface area contributed by atoms with E-state index in [0.717, 1.165) is 12.8 Å². The fraction of sp³-hybridized carbons (Fsp3) is 0.636. The summed E-state index contributed by atoms with van der Waals surface area (Å²) in [7, 11) is 0. The van der Waals surface area contributed by atoms with Gasteiger partial charge in [-0.15, -0.1) is 0 Å². The number of benzene rings is 1. The van der Waals surface area contributed by atoms with Crippen molar-refractivity contribution in [3.05, 3.63) is 45.8 Å². The molecule has 2 heteroatoms. The third-order valence-electron chi connectivity index (χ3n) is 5.13. The first kappa shape index (κ1) is 21.7. The fourth-order valence-corrected chi connectivity index (χ4v) is 18.2. The van der Waals surface area contributed by atoms with Gasteiger partial charge in [0.05, 0.1) is 0 Å². The Morgan fingerprint density at radius 2 is 1.38 bits per heavy atom. The molecule has 0 fully saturated rings. The van der Waals surface area contributed by atoms with Gasteiger partial charge in [0.15, 0.2) is 0 Å². The van der Waals surface area contributed by atoms with E-state index in [1.807, 2.05) is 12.1 Å². The van der Waals surface area contributed by atoms with Crippen molar-refractivity contribution in [2.24, 2.45) is 0 Å². The zero-order valence-corrected chi connectivity index (χ0v) is 19.0. The summed E-state index contributed by atoms with van der Waals surface area (Å²) >= 11 is -2.78. The van der Waals surface area contributed by atoms with Crippen molar-refractivity contribution < 1.29 is 4.39 Å². The van der Waals surface area contributed by atoms with Crippen LogP contribution < -0.4 is 0 Å². The van der Waals surface area contributed by atoms with Gasteiger partial charge in [0, 0.05) is 0 Å². The zero-order valence-electron chi connectivity index (χ0n) is 16.1. The molecule has 0 N–H and O–H groups in total. The number of hydrogen-bond acceptors (Lipinski definition) is 0. The predicted octanol–water partition coefficient (Wildman–Crippen LogP) is 7.86. The van der Waals surface area contributed by atoms with Crippen molar-refractivity contribution in [1.82, 2.24) is 0 Å². The van der Waals surface area contributed by atoms with Gasteiger partial charge in [-0.1, -0.05) is 0 Å². The molecule has 0 aliphatic heterocycles. The Bertz CT molecular complexity index is 431. The molecule has 1 aromatic carbocycles. The van der Waals surface area contributed by atoms with Crippen LogP contribution in [0.1, 0.15) is 71.3 Å². The first-order valence-corrected chi connectivity index (χ1v) is 17.6. The van der Waals surface area contributed by atoms with Crippen molar-refractivity contribution in [2.45, 2.75) is 85.4 Å². The van der Waals surface area contributed by atoms with Gasteiger partial charge < -0.3 is 0 Å². The maximum absolute atomic E-state index is 15.3.